The van der Waals surface area contributed by atoms with Gasteiger partial charge in [0.05, 0.1) is 6.10 Å². The standard InChI is InChI=1S/C14H21NO2/c1-12-11-13(16)7-8-15(12)9-10-17-14-5-3-2-4-6-14/h2-6,12-13,16H,7-11H2,1H3. The summed E-state index contributed by atoms with van der Waals surface area (Å²) in [4.78, 5) is 2.38. The fourth-order valence-electron chi connectivity index (χ4n) is 2.33. The summed E-state index contributed by atoms with van der Waals surface area (Å²) < 4.78 is 5.68. The lowest BCUT2D eigenvalue weighted by molar-refractivity contribution is 0.0415. The molecule has 1 fully saturated rings. The van der Waals surface area contributed by atoms with E-state index in [1.807, 2.05) is 30.3 Å². The van der Waals surface area contributed by atoms with E-state index in [-0.39, 0.29) is 6.10 Å². The highest BCUT2D eigenvalue weighted by molar-refractivity contribution is 5.20. The summed E-state index contributed by atoms with van der Waals surface area (Å²) in [7, 11) is 0. The Labute approximate surface area is 103 Å². The van der Waals surface area contributed by atoms with Gasteiger partial charge in [0.15, 0.2) is 0 Å². The Morgan fingerprint density at radius 2 is 2.12 bits per heavy atom. The zero-order chi connectivity index (χ0) is 12.1. The molecule has 1 aliphatic rings. The summed E-state index contributed by atoms with van der Waals surface area (Å²) in [5.74, 6) is 0.928. The number of benzene rings is 1. The molecule has 0 aliphatic carbocycles. The number of nitrogens with zero attached hydrogens (tertiary/aromatic N) is 1. The van der Waals surface area contributed by atoms with E-state index in [2.05, 4.69) is 11.8 Å². The van der Waals surface area contributed by atoms with Crippen LogP contribution in [0.3, 0.4) is 0 Å². The lowest BCUT2D eigenvalue weighted by Crippen LogP contribution is -2.44. The van der Waals surface area contributed by atoms with Crippen LogP contribution < -0.4 is 4.74 Å². The van der Waals surface area contributed by atoms with E-state index in [0.29, 0.717) is 12.6 Å². The topological polar surface area (TPSA) is 32.7 Å². The third-order valence-electron chi connectivity index (χ3n) is 3.38. The maximum atomic E-state index is 9.54. The minimum atomic E-state index is -0.115. The Morgan fingerprint density at radius 3 is 2.82 bits per heavy atom. The molecule has 0 bridgehead atoms. The molecule has 1 aromatic carbocycles. The second-order valence-electron chi connectivity index (χ2n) is 4.72. The van der Waals surface area contributed by atoms with E-state index in [1.165, 1.54) is 0 Å². The Kier molecular flexibility index (Phi) is 4.40. The van der Waals surface area contributed by atoms with E-state index >= 15 is 0 Å². The molecule has 2 atom stereocenters. The molecule has 1 N–H and O–H groups in total. The molecular weight excluding hydrogens is 214 g/mol. The van der Waals surface area contributed by atoms with Crippen molar-refractivity contribution in [2.24, 2.45) is 0 Å². The first-order valence-corrected chi connectivity index (χ1v) is 6.35. The second kappa shape index (κ2) is 6.03. The number of ether oxygens (including phenoxy) is 1. The third-order valence-corrected chi connectivity index (χ3v) is 3.38. The quantitative estimate of drug-likeness (QED) is 0.865. The summed E-state index contributed by atoms with van der Waals surface area (Å²) in [6, 6.07) is 10.4. The molecule has 2 unspecified atom stereocenters. The van der Waals surface area contributed by atoms with Gasteiger partial charge in [-0.3, -0.25) is 4.90 Å². The normalized spacial score (nSPS) is 25.8. The first-order chi connectivity index (χ1) is 8.25. The number of hydrogen-bond donors (Lipinski definition) is 1. The molecule has 0 saturated carbocycles. The summed E-state index contributed by atoms with van der Waals surface area (Å²) in [6.07, 6.45) is 1.65. The Bertz CT molecular complexity index is 328. The van der Waals surface area contributed by atoms with Gasteiger partial charge in [0.2, 0.25) is 0 Å². The number of likely N-dealkylation sites (tertiary alicyclic amines) is 1. The van der Waals surface area contributed by atoms with Gasteiger partial charge in [-0.05, 0) is 31.9 Å². The number of hydrogen-bond acceptors (Lipinski definition) is 3. The van der Waals surface area contributed by atoms with Crippen molar-refractivity contribution in [1.82, 2.24) is 4.90 Å². The molecule has 2 rings (SSSR count). The van der Waals surface area contributed by atoms with Gasteiger partial charge in [0, 0.05) is 19.1 Å². The van der Waals surface area contributed by atoms with Crippen molar-refractivity contribution in [2.75, 3.05) is 19.7 Å². The molecule has 1 heterocycles. The minimum Gasteiger partial charge on any atom is -0.492 e. The summed E-state index contributed by atoms with van der Waals surface area (Å²) in [6.45, 7) is 4.79. The second-order valence-corrected chi connectivity index (χ2v) is 4.72. The summed E-state index contributed by atoms with van der Waals surface area (Å²) in [5, 5.41) is 9.54. The van der Waals surface area contributed by atoms with Crippen molar-refractivity contribution < 1.29 is 9.84 Å². The van der Waals surface area contributed by atoms with Gasteiger partial charge in [0.1, 0.15) is 12.4 Å². The van der Waals surface area contributed by atoms with Crippen LogP contribution >= 0.6 is 0 Å². The Hall–Kier alpha value is -1.06. The maximum Gasteiger partial charge on any atom is 0.119 e. The first-order valence-electron chi connectivity index (χ1n) is 6.35. The average molecular weight is 235 g/mol. The van der Waals surface area contributed by atoms with Crippen LogP contribution in [0.1, 0.15) is 19.8 Å². The SMILES string of the molecule is CC1CC(O)CCN1CCOc1ccccc1. The molecule has 0 amide bonds. The fourth-order valence-corrected chi connectivity index (χ4v) is 2.33. The van der Waals surface area contributed by atoms with E-state index in [0.717, 1.165) is 31.7 Å². The van der Waals surface area contributed by atoms with Gasteiger partial charge >= 0.3 is 0 Å². The zero-order valence-corrected chi connectivity index (χ0v) is 10.4. The van der Waals surface area contributed by atoms with E-state index in [1.54, 1.807) is 0 Å². The molecule has 0 radical (unpaired) electrons. The molecule has 17 heavy (non-hydrogen) atoms. The number of aliphatic hydroxyl groups excluding tert-OH is 1. The van der Waals surface area contributed by atoms with Crippen LogP contribution in [0, 0.1) is 0 Å². The largest absolute Gasteiger partial charge is 0.492 e. The summed E-state index contributed by atoms with van der Waals surface area (Å²) in [5.41, 5.74) is 0. The number of para-hydroxylation sites is 1. The number of rotatable bonds is 4. The Morgan fingerprint density at radius 1 is 1.35 bits per heavy atom. The molecule has 0 aromatic heterocycles. The minimum absolute atomic E-state index is 0.115. The predicted octanol–water partition coefficient (Wildman–Crippen LogP) is 1.91. The number of aliphatic hydroxyl groups is 1. The first kappa shape index (κ1) is 12.4. The van der Waals surface area contributed by atoms with Crippen LogP contribution in [-0.2, 0) is 0 Å². The molecular formula is C14H21NO2. The maximum absolute atomic E-state index is 9.54. The molecule has 3 nitrogen and oxygen atoms in total. The highest BCUT2D eigenvalue weighted by Gasteiger charge is 2.23. The monoisotopic (exact) mass is 235 g/mol. The van der Waals surface area contributed by atoms with Crippen LogP contribution in [0.5, 0.6) is 5.75 Å². The number of piperidine rings is 1. The molecule has 1 saturated heterocycles. The molecule has 94 valence electrons. The highest BCUT2D eigenvalue weighted by Crippen LogP contribution is 2.17. The van der Waals surface area contributed by atoms with Gasteiger partial charge in [-0.2, -0.15) is 0 Å². The molecule has 0 spiro atoms. The average Bonchev–Trinajstić information content (AvgIpc) is 2.33. The van der Waals surface area contributed by atoms with E-state index < -0.39 is 0 Å². The van der Waals surface area contributed by atoms with Crippen molar-refractivity contribution in [3.05, 3.63) is 30.3 Å². The van der Waals surface area contributed by atoms with E-state index in [9.17, 15) is 5.11 Å². The molecule has 1 aliphatic heterocycles. The van der Waals surface area contributed by atoms with Crippen LogP contribution in [0.4, 0.5) is 0 Å². The smallest absolute Gasteiger partial charge is 0.119 e. The highest BCUT2D eigenvalue weighted by atomic mass is 16.5. The van der Waals surface area contributed by atoms with Gasteiger partial charge in [-0.1, -0.05) is 18.2 Å². The summed E-state index contributed by atoms with van der Waals surface area (Å²) >= 11 is 0. The fraction of sp³-hybridized carbons (Fsp3) is 0.571. The van der Waals surface area contributed by atoms with E-state index in [4.69, 9.17) is 4.74 Å². The Balaban J connectivity index is 1.72. The molecule has 3 heteroatoms. The predicted molar refractivity (Wildman–Crippen MR) is 68.2 cm³/mol. The van der Waals surface area contributed by atoms with Crippen molar-refractivity contribution in [3.8, 4) is 5.75 Å². The lowest BCUT2D eigenvalue weighted by atomic mass is 10.0. The van der Waals surface area contributed by atoms with Gasteiger partial charge in [0.25, 0.3) is 0 Å². The van der Waals surface area contributed by atoms with Crippen molar-refractivity contribution in [2.45, 2.75) is 31.9 Å². The van der Waals surface area contributed by atoms with Gasteiger partial charge in [-0.15, -0.1) is 0 Å². The van der Waals surface area contributed by atoms with Crippen LogP contribution in [0.25, 0.3) is 0 Å². The lowest BCUT2D eigenvalue weighted by Gasteiger charge is -2.35. The van der Waals surface area contributed by atoms with Gasteiger partial charge < -0.3 is 9.84 Å². The molecule has 1 aromatic rings. The van der Waals surface area contributed by atoms with Crippen LogP contribution in [0.2, 0.25) is 0 Å². The van der Waals surface area contributed by atoms with Crippen molar-refractivity contribution in [1.29, 1.82) is 0 Å². The van der Waals surface area contributed by atoms with Gasteiger partial charge in [-0.25, -0.2) is 0 Å². The third kappa shape index (κ3) is 3.72. The van der Waals surface area contributed by atoms with Crippen molar-refractivity contribution in [3.63, 3.8) is 0 Å². The van der Waals surface area contributed by atoms with Crippen LogP contribution in [-0.4, -0.2) is 41.8 Å². The van der Waals surface area contributed by atoms with Crippen LogP contribution in [0.15, 0.2) is 30.3 Å². The zero-order valence-electron chi connectivity index (χ0n) is 10.4. The van der Waals surface area contributed by atoms with Crippen molar-refractivity contribution >= 4 is 0 Å².